The average Bonchev–Trinajstić information content (AvgIpc) is 2.39. The van der Waals surface area contributed by atoms with Crippen molar-refractivity contribution in [3.05, 3.63) is 29.6 Å². The largest absolute Gasteiger partial charge is 0.356 e. The van der Waals surface area contributed by atoms with Gasteiger partial charge >= 0.3 is 0 Å². The second kappa shape index (κ2) is 4.38. The van der Waals surface area contributed by atoms with Crippen LogP contribution in [0.5, 0.6) is 0 Å². The summed E-state index contributed by atoms with van der Waals surface area (Å²) >= 11 is 0. The van der Waals surface area contributed by atoms with E-state index in [4.69, 9.17) is 4.52 Å². The lowest BCUT2D eigenvalue weighted by Crippen LogP contribution is -2.10. The van der Waals surface area contributed by atoms with Crippen LogP contribution in [0, 0.1) is 5.92 Å². The van der Waals surface area contributed by atoms with E-state index in [9.17, 15) is 4.79 Å². The highest BCUT2D eigenvalue weighted by molar-refractivity contribution is 7.09. The van der Waals surface area contributed by atoms with Gasteiger partial charge in [0.25, 0.3) is 0 Å². The molecule has 0 spiro atoms. The highest BCUT2D eigenvalue weighted by Crippen LogP contribution is 2.33. The third-order valence-electron chi connectivity index (χ3n) is 2.88. The van der Waals surface area contributed by atoms with Crippen molar-refractivity contribution in [1.29, 1.82) is 0 Å². The van der Waals surface area contributed by atoms with E-state index in [0.29, 0.717) is 0 Å². The van der Waals surface area contributed by atoms with Crippen LogP contribution in [0.1, 0.15) is 41.9 Å². The van der Waals surface area contributed by atoms with Crippen LogP contribution >= 0.6 is 9.47 Å². The van der Waals surface area contributed by atoms with Crippen molar-refractivity contribution in [2.45, 2.75) is 25.9 Å². The quantitative estimate of drug-likeness (QED) is 0.542. The molecule has 1 aromatic rings. The lowest BCUT2D eigenvalue weighted by atomic mass is 9.99. The predicted molar refractivity (Wildman–Crippen MR) is 60.5 cm³/mol. The molecular weight excluding hydrogens is 209 g/mol. The minimum absolute atomic E-state index is 0.0677. The van der Waals surface area contributed by atoms with E-state index in [-0.39, 0.29) is 17.8 Å². The zero-order chi connectivity index (χ0) is 10.8. The van der Waals surface area contributed by atoms with Crippen LogP contribution in [0.3, 0.4) is 0 Å². The molecule has 2 rings (SSSR count). The van der Waals surface area contributed by atoms with Gasteiger partial charge in [-0.1, -0.05) is 6.92 Å². The summed E-state index contributed by atoms with van der Waals surface area (Å²) in [4.78, 5) is 16.3. The summed E-state index contributed by atoms with van der Waals surface area (Å²) in [5.41, 5.74) is 1.50. The molecule has 80 valence electrons. The molecule has 1 aromatic heterocycles. The van der Waals surface area contributed by atoms with Crippen molar-refractivity contribution in [2.24, 2.45) is 5.92 Å². The standard InChI is InChI=1S/C11H14NO2P/c1-7-4-5-9(14-15)10-8(11(7)13)3-2-6-12-10/h2-3,6-7,9H,4-5,15H2,1H3. The Labute approximate surface area is 91.5 Å². The Morgan fingerprint density at radius 2 is 2.33 bits per heavy atom. The van der Waals surface area contributed by atoms with Gasteiger partial charge in [0.1, 0.15) is 6.10 Å². The van der Waals surface area contributed by atoms with Crippen molar-refractivity contribution in [3.63, 3.8) is 0 Å². The maximum Gasteiger partial charge on any atom is 0.167 e. The summed E-state index contributed by atoms with van der Waals surface area (Å²) < 4.78 is 5.30. The first-order valence-corrected chi connectivity index (χ1v) is 5.56. The molecule has 0 fully saturated rings. The zero-order valence-electron chi connectivity index (χ0n) is 8.64. The third kappa shape index (κ3) is 1.95. The fourth-order valence-electron chi connectivity index (χ4n) is 1.95. The third-order valence-corrected chi connectivity index (χ3v) is 3.21. The molecule has 1 aliphatic carbocycles. The summed E-state index contributed by atoms with van der Waals surface area (Å²) in [5.74, 6) is 0.251. The highest BCUT2D eigenvalue weighted by Gasteiger charge is 2.28. The van der Waals surface area contributed by atoms with E-state index in [1.807, 2.05) is 13.0 Å². The number of fused-ring (bicyclic) bond motifs is 1. The number of carbonyl (C=O) groups is 1. The van der Waals surface area contributed by atoms with Gasteiger partial charge in [-0.2, -0.15) is 0 Å². The van der Waals surface area contributed by atoms with Gasteiger partial charge in [0, 0.05) is 27.1 Å². The summed E-state index contributed by atoms with van der Waals surface area (Å²) in [6, 6.07) is 3.64. The Balaban J connectivity index is 2.49. The molecular formula is C11H14NO2P. The molecule has 15 heavy (non-hydrogen) atoms. The summed E-state index contributed by atoms with van der Waals surface area (Å²) in [6.07, 6.45) is 3.34. The van der Waals surface area contributed by atoms with E-state index in [0.717, 1.165) is 24.1 Å². The molecule has 4 heteroatoms. The van der Waals surface area contributed by atoms with E-state index >= 15 is 0 Å². The molecule has 3 unspecified atom stereocenters. The molecule has 0 radical (unpaired) electrons. The number of pyridine rings is 1. The van der Waals surface area contributed by atoms with Crippen LogP contribution in [-0.4, -0.2) is 10.8 Å². The normalized spacial score (nSPS) is 25.9. The Kier molecular flexibility index (Phi) is 3.13. The lowest BCUT2D eigenvalue weighted by Gasteiger charge is -2.12. The van der Waals surface area contributed by atoms with Crippen molar-refractivity contribution in [3.8, 4) is 0 Å². The van der Waals surface area contributed by atoms with E-state index < -0.39 is 0 Å². The first kappa shape index (κ1) is 10.7. The molecule has 0 N–H and O–H groups in total. The van der Waals surface area contributed by atoms with E-state index in [2.05, 4.69) is 14.5 Å². The van der Waals surface area contributed by atoms with E-state index in [1.54, 1.807) is 12.3 Å². The van der Waals surface area contributed by atoms with Gasteiger partial charge in [0.15, 0.2) is 5.78 Å². The van der Waals surface area contributed by atoms with Gasteiger partial charge in [-0.3, -0.25) is 9.78 Å². The van der Waals surface area contributed by atoms with Crippen LogP contribution < -0.4 is 0 Å². The maximum atomic E-state index is 12.0. The first-order chi connectivity index (χ1) is 7.24. The number of hydrogen-bond acceptors (Lipinski definition) is 3. The fraction of sp³-hybridized carbons (Fsp3) is 0.455. The number of aromatic nitrogens is 1. The maximum absolute atomic E-state index is 12.0. The second-order valence-corrected chi connectivity index (χ2v) is 4.18. The topological polar surface area (TPSA) is 39.2 Å². The number of hydrogen-bond donors (Lipinski definition) is 0. The van der Waals surface area contributed by atoms with Crippen LogP contribution in [0.4, 0.5) is 0 Å². The monoisotopic (exact) mass is 223 g/mol. The Hall–Kier alpha value is -0.790. The van der Waals surface area contributed by atoms with Crippen LogP contribution in [-0.2, 0) is 4.52 Å². The molecule has 0 bridgehead atoms. The average molecular weight is 223 g/mol. The van der Waals surface area contributed by atoms with Crippen molar-refractivity contribution in [2.75, 3.05) is 0 Å². The fourth-order valence-corrected chi connectivity index (χ4v) is 2.21. The first-order valence-electron chi connectivity index (χ1n) is 5.08. The Morgan fingerprint density at radius 3 is 3.07 bits per heavy atom. The van der Waals surface area contributed by atoms with Crippen LogP contribution in [0.2, 0.25) is 0 Å². The van der Waals surface area contributed by atoms with Gasteiger partial charge in [0.05, 0.1) is 5.69 Å². The smallest absolute Gasteiger partial charge is 0.167 e. The number of ketones is 1. The highest BCUT2D eigenvalue weighted by atomic mass is 31.0. The molecule has 0 aliphatic heterocycles. The van der Waals surface area contributed by atoms with Crippen LogP contribution in [0.15, 0.2) is 18.3 Å². The number of carbonyl (C=O) groups excluding carboxylic acids is 1. The van der Waals surface area contributed by atoms with Gasteiger partial charge in [-0.15, -0.1) is 0 Å². The minimum atomic E-state index is -0.0694. The molecule has 1 aliphatic rings. The molecule has 1 heterocycles. The number of nitrogens with zero attached hydrogens (tertiary/aromatic N) is 1. The van der Waals surface area contributed by atoms with Gasteiger partial charge in [-0.25, -0.2) is 0 Å². The molecule has 3 atom stereocenters. The molecule has 0 aromatic carbocycles. The molecule has 0 saturated heterocycles. The van der Waals surface area contributed by atoms with Crippen molar-refractivity contribution >= 4 is 15.2 Å². The Morgan fingerprint density at radius 1 is 1.53 bits per heavy atom. The predicted octanol–water partition coefficient (Wildman–Crippen LogP) is 2.54. The van der Waals surface area contributed by atoms with Crippen molar-refractivity contribution < 1.29 is 9.32 Å². The summed E-state index contributed by atoms with van der Waals surface area (Å²) in [5, 5.41) is 0. The summed E-state index contributed by atoms with van der Waals surface area (Å²) in [7, 11) is 2.26. The number of rotatable bonds is 1. The molecule has 0 saturated carbocycles. The summed E-state index contributed by atoms with van der Waals surface area (Å²) in [6.45, 7) is 1.96. The van der Waals surface area contributed by atoms with Gasteiger partial charge in [-0.05, 0) is 25.0 Å². The molecule has 0 amide bonds. The van der Waals surface area contributed by atoms with E-state index in [1.165, 1.54) is 0 Å². The number of Topliss-reactive ketones (excluding diaryl/α,β-unsaturated/α-hetero) is 1. The lowest BCUT2D eigenvalue weighted by molar-refractivity contribution is 0.0925. The van der Waals surface area contributed by atoms with Gasteiger partial charge < -0.3 is 4.52 Å². The van der Waals surface area contributed by atoms with Gasteiger partial charge in [0.2, 0.25) is 0 Å². The van der Waals surface area contributed by atoms with Crippen LogP contribution in [0.25, 0.3) is 0 Å². The second-order valence-electron chi connectivity index (χ2n) is 3.90. The minimum Gasteiger partial charge on any atom is -0.356 e. The van der Waals surface area contributed by atoms with Crippen molar-refractivity contribution in [1.82, 2.24) is 4.98 Å². The Bertz CT molecular complexity index is 381. The zero-order valence-corrected chi connectivity index (χ0v) is 9.80. The molecule has 3 nitrogen and oxygen atoms in total. The SMILES string of the molecule is CC1CCC(OP)c2ncccc2C1=O.